The number of hydrogen-bond donors (Lipinski definition) is 2. The number of ether oxygens (including phenoxy) is 1. The number of carboxylic acids is 1. The lowest BCUT2D eigenvalue weighted by Crippen LogP contribution is -2.40. The van der Waals surface area contributed by atoms with Crippen LogP contribution in [0, 0.1) is 5.82 Å². The average Bonchev–Trinajstić information content (AvgIpc) is 2.91. The summed E-state index contributed by atoms with van der Waals surface area (Å²) in [6.45, 7) is 0.380. The quantitative estimate of drug-likeness (QED) is 0.833. The molecule has 1 aliphatic heterocycles. The van der Waals surface area contributed by atoms with Crippen LogP contribution in [0.5, 0.6) is 0 Å². The molecule has 1 saturated heterocycles. The Kier molecular flexibility index (Phi) is 4.36. The van der Waals surface area contributed by atoms with E-state index in [9.17, 15) is 17.6 Å². The zero-order valence-electron chi connectivity index (χ0n) is 10.5. The molecule has 2 N–H and O–H groups in total. The molecule has 0 spiro atoms. The standard InChI is InChI=1S/C12H14FNO5S/c13-9-3-1-8(2-4-9)11(12(15)16)14-20(17,18)10-5-6-19-7-10/h1-4,10-11,14H,5-7H2,(H,15,16). The monoisotopic (exact) mass is 303 g/mol. The maximum atomic E-state index is 12.8. The third kappa shape index (κ3) is 3.33. The van der Waals surface area contributed by atoms with E-state index in [1.165, 1.54) is 12.1 Å². The van der Waals surface area contributed by atoms with Crippen LogP contribution in [0.3, 0.4) is 0 Å². The first-order chi connectivity index (χ1) is 9.40. The lowest BCUT2D eigenvalue weighted by atomic mass is 10.1. The van der Waals surface area contributed by atoms with Crippen molar-refractivity contribution in [2.45, 2.75) is 17.7 Å². The molecule has 2 unspecified atom stereocenters. The van der Waals surface area contributed by atoms with Crippen LogP contribution in [0.1, 0.15) is 18.0 Å². The summed E-state index contributed by atoms with van der Waals surface area (Å²) in [4.78, 5) is 11.2. The second-order valence-electron chi connectivity index (χ2n) is 4.47. The fourth-order valence-corrected chi connectivity index (χ4v) is 3.37. The molecule has 1 heterocycles. The van der Waals surface area contributed by atoms with Gasteiger partial charge in [0.2, 0.25) is 10.0 Å². The smallest absolute Gasteiger partial charge is 0.326 e. The number of nitrogens with one attached hydrogen (secondary N) is 1. The molecule has 110 valence electrons. The minimum Gasteiger partial charge on any atom is -0.480 e. The topological polar surface area (TPSA) is 92.7 Å². The molecule has 0 saturated carbocycles. The Balaban J connectivity index is 2.21. The Morgan fingerprint density at radius 3 is 2.55 bits per heavy atom. The molecule has 1 aliphatic rings. The van der Waals surface area contributed by atoms with Gasteiger partial charge in [-0.1, -0.05) is 12.1 Å². The van der Waals surface area contributed by atoms with Crippen molar-refractivity contribution in [1.82, 2.24) is 4.72 Å². The summed E-state index contributed by atoms with van der Waals surface area (Å²) >= 11 is 0. The minimum absolute atomic E-state index is 0.0467. The number of rotatable bonds is 5. The van der Waals surface area contributed by atoms with Gasteiger partial charge in [0, 0.05) is 6.61 Å². The number of halogens is 1. The van der Waals surface area contributed by atoms with Crippen LogP contribution in [0.25, 0.3) is 0 Å². The van der Waals surface area contributed by atoms with Crippen molar-refractivity contribution in [3.8, 4) is 0 Å². The maximum Gasteiger partial charge on any atom is 0.326 e. The molecule has 1 aromatic carbocycles. The van der Waals surface area contributed by atoms with Crippen molar-refractivity contribution < 1.29 is 27.4 Å². The average molecular weight is 303 g/mol. The zero-order valence-corrected chi connectivity index (χ0v) is 11.3. The van der Waals surface area contributed by atoms with Gasteiger partial charge in [0.05, 0.1) is 6.61 Å². The molecule has 2 rings (SSSR count). The van der Waals surface area contributed by atoms with E-state index in [0.29, 0.717) is 13.0 Å². The molecule has 20 heavy (non-hydrogen) atoms. The van der Waals surface area contributed by atoms with Crippen LogP contribution in [-0.2, 0) is 19.6 Å². The van der Waals surface area contributed by atoms with Crippen molar-refractivity contribution in [2.75, 3.05) is 13.2 Å². The third-order valence-corrected chi connectivity index (χ3v) is 4.87. The van der Waals surface area contributed by atoms with Gasteiger partial charge in [0.25, 0.3) is 0 Å². The highest BCUT2D eigenvalue weighted by Gasteiger charge is 2.34. The van der Waals surface area contributed by atoms with Gasteiger partial charge in [-0.25, -0.2) is 12.8 Å². The number of carboxylic acid groups (broad SMARTS) is 1. The van der Waals surface area contributed by atoms with Crippen molar-refractivity contribution in [3.63, 3.8) is 0 Å². The SMILES string of the molecule is O=C(O)C(NS(=O)(=O)C1CCOC1)c1ccc(F)cc1. The third-order valence-electron chi connectivity index (χ3n) is 3.06. The Morgan fingerprint density at radius 2 is 2.05 bits per heavy atom. The van der Waals surface area contributed by atoms with Crippen LogP contribution >= 0.6 is 0 Å². The summed E-state index contributed by atoms with van der Waals surface area (Å²) in [6, 6.07) is 3.20. The summed E-state index contributed by atoms with van der Waals surface area (Å²) in [5.41, 5.74) is 0.168. The second-order valence-corrected chi connectivity index (χ2v) is 6.46. The lowest BCUT2D eigenvalue weighted by molar-refractivity contribution is -0.139. The Morgan fingerprint density at radius 1 is 1.40 bits per heavy atom. The molecule has 2 atom stereocenters. The number of aliphatic carboxylic acids is 1. The van der Waals surface area contributed by atoms with Gasteiger partial charge < -0.3 is 9.84 Å². The second kappa shape index (κ2) is 5.86. The van der Waals surface area contributed by atoms with Gasteiger partial charge in [-0.15, -0.1) is 0 Å². The minimum atomic E-state index is -3.81. The van der Waals surface area contributed by atoms with Crippen LogP contribution in [0.2, 0.25) is 0 Å². The Labute approximate surface area is 115 Å². The van der Waals surface area contributed by atoms with Gasteiger partial charge >= 0.3 is 5.97 Å². The summed E-state index contributed by atoms with van der Waals surface area (Å²) in [7, 11) is -3.81. The number of carbonyl (C=O) groups is 1. The molecular weight excluding hydrogens is 289 g/mol. The van der Waals surface area contributed by atoms with E-state index in [1.807, 2.05) is 0 Å². The van der Waals surface area contributed by atoms with E-state index in [0.717, 1.165) is 12.1 Å². The highest BCUT2D eigenvalue weighted by atomic mass is 32.2. The van der Waals surface area contributed by atoms with Gasteiger partial charge in [0.1, 0.15) is 17.1 Å². The van der Waals surface area contributed by atoms with E-state index in [4.69, 9.17) is 9.84 Å². The number of hydrogen-bond acceptors (Lipinski definition) is 4. The van der Waals surface area contributed by atoms with Gasteiger partial charge in [-0.05, 0) is 24.1 Å². The Hall–Kier alpha value is -1.51. The normalized spacial score (nSPS) is 20.8. The fraction of sp³-hybridized carbons (Fsp3) is 0.417. The van der Waals surface area contributed by atoms with Gasteiger partial charge in [-0.3, -0.25) is 4.79 Å². The van der Waals surface area contributed by atoms with E-state index in [-0.39, 0.29) is 12.2 Å². The highest BCUT2D eigenvalue weighted by Crippen LogP contribution is 2.19. The zero-order chi connectivity index (χ0) is 14.8. The molecule has 0 aromatic heterocycles. The van der Waals surface area contributed by atoms with Crippen molar-refractivity contribution >= 4 is 16.0 Å². The predicted octanol–water partition coefficient (Wildman–Crippen LogP) is 0.660. The summed E-state index contributed by atoms with van der Waals surface area (Å²) in [5.74, 6) is -1.87. The maximum absolute atomic E-state index is 12.8. The number of benzene rings is 1. The van der Waals surface area contributed by atoms with Gasteiger partial charge in [0.15, 0.2) is 0 Å². The van der Waals surface area contributed by atoms with Crippen molar-refractivity contribution in [3.05, 3.63) is 35.6 Å². The fourth-order valence-electron chi connectivity index (χ4n) is 1.93. The van der Waals surface area contributed by atoms with E-state index in [2.05, 4.69) is 4.72 Å². The van der Waals surface area contributed by atoms with E-state index in [1.54, 1.807) is 0 Å². The molecule has 6 nitrogen and oxygen atoms in total. The Bertz CT molecular complexity index is 580. The molecule has 0 amide bonds. The van der Waals surface area contributed by atoms with Crippen LogP contribution in [-0.4, -0.2) is 38.0 Å². The first kappa shape index (κ1) is 14.9. The van der Waals surface area contributed by atoms with Crippen LogP contribution in [0.15, 0.2) is 24.3 Å². The molecule has 0 aliphatic carbocycles. The molecule has 1 fully saturated rings. The summed E-state index contributed by atoms with van der Waals surface area (Å²) in [5, 5.41) is 8.39. The largest absolute Gasteiger partial charge is 0.480 e. The summed E-state index contributed by atoms with van der Waals surface area (Å²) < 4.78 is 44.1. The van der Waals surface area contributed by atoms with Crippen LogP contribution in [0.4, 0.5) is 4.39 Å². The first-order valence-corrected chi connectivity index (χ1v) is 7.52. The molecular formula is C12H14FNO5S. The van der Waals surface area contributed by atoms with Crippen LogP contribution < -0.4 is 4.72 Å². The summed E-state index contributed by atoms with van der Waals surface area (Å²) in [6.07, 6.45) is 0.324. The lowest BCUT2D eigenvalue weighted by Gasteiger charge is -2.17. The molecule has 1 aromatic rings. The van der Waals surface area contributed by atoms with E-state index < -0.39 is 33.1 Å². The molecule has 8 heteroatoms. The van der Waals surface area contributed by atoms with E-state index >= 15 is 0 Å². The molecule has 0 bridgehead atoms. The van der Waals surface area contributed by atoms with Crippen molar-refractivity contribution in [1.29, 1.82) is 0 Å². The predicted molar refractivity (Wildman–Crippen MR) is 68.1 cm³/mol. The highest BCUT2D eigenvalue weighted by molar-refractivity contribution is 7.90. The molecule has 0 radical (unpaired) electrons. The van der Waals surface area contributed by atoms with Gasteiger partial charge in [-0.2, -0.15) is 4.72 Å². The first-order valence-electron chi connectivity index (χ1n) is 5.97. The number of sulfonamides is 1. The van der Waals surface area contributed by atoms with Crippen molar-refractivity contribution in [2.24, 2.45) is 0 Å².